The van der Waals surface area contributed by atoms with Gasteiger partial charge in [-0.05, 0) is 48.0 Å². The lowest BCUT2D eigenvalue weighted by atomic mass is 10.1. The molecule has 0 bridgehead atoms. The van der Waals surface area contributed by atoms with E-state index in [1.165, 1.54) is 47.2 Å². The molecule has 0 fully saturated rings. The molecule has 0 radical (unpaired) electrons. The van der Waals surface area contributed by atoms with Crippen LogP contribution in [0.25, 0.3) is 16.6 Å². The molecule has 2 heterocycles. The van der Waals surface area contributed by atoms with E-state index < -0.39 is 17.6 Å². The zero-order chi connectivity index (χ0) is 26.2. The fourth-order valence-electron chi connectivity index (χ4n) is 4.16. The summed E-state index contributed by atoms with van der Waals surface area (Å²) < 4.78 is 41.8. The van der Waals surface area contributed by atoms with Gasteiger partial charge in [-0.3, -0.25) is 23.4 Å². The molecular weight excluding hydrogens is 485 g/mol. The number of fused-ring (bicyclic) bond motifs is 3. The summed E-state index contributed by atoms with van der Waals surface area (Å²) in [7, 11) is 0. The minimum absolute atomic E-state index is 0.208. The predicted molar refractivity (Wildman–Crippen MR) is 132 cm³/mol. The Labute approximate surface area is 207 Å². The molecule has 0 spiro atoms. The number of Topliss-reactive ketones (excluding diaryl/α,β-unsaturated/α-hetero) is 1. The Balaban J connectivity index is 1.30. The van der Waals surface area contributed by atoms with Gasteiger partial charge >= 0.3 is 6.18 Å². The molecule has 186 valence electrons. The van der Waals surface area contributed by atoms with Crippen molar-refractivity contribution in [3.8, 4) is 0 Å². The van der Waals surface area contributed by atoms with Gasteiger partial charge in [-0.15, -0.1) is 0 Å². The van der Waals surface area contributed by atoms with Gasteiger partial charge in [0.05, 0.1) is 35.6 Å². The predicted octanol–water partition coefficient (Wildman–Crippen LogP) is 4.73. The van der Waals surface area contributed by atoms with Gasteiger partial charge in [0.1, 0.15) is 12.0 Å². The number of hydrogen-bond donors (Lipinski definition) is 1. The van der Waals surface area contributed by atoms with Crippen molar-refractivity contribution in [1.82, 2.24) is 14.0 Å². The van der Waals surface area contributed by atoms with Gasteiger partial charge < -0.3 is 5.32 Å². The van der Waals surface area contributed by atoms with Crippen LogP contribution in [0.2, 0.25) is 0 Å². The first-order valence-corrected chi connectivity index (χ1v) is 11.2. The summed E-state index contributed by atoms with van der Waals surface area (Å²) in [4.78, 5) is 42.5. The molecule has 1 N–H and O–H groups in total. The van der Waals surface area contributed by atoms with Crippen LogP contribution in [0.4, 0.5) is 18.9 Å². The summed E-state index contributed by atoms with van der Waals surface area (Å²) in [6, 6.07) is 17.7. The number of nitrogens with one attached hydrogen (secondary N) is 1. The topological polar surface area (TPSA) is 85.5 Å². The van der Waals surface area contributed by atoms with Crippen molar-refractivity contribution < 1.29 is 22.8 Å². The second-order valence-corrected chi connectivity index (χ2v) is 8.45. The second kappa shape index (κ2) is 9.38. The van der Waals surface area contributed by atoms with Crippen LogP contribution in [0.5, 0.6) is 0 Å². The fraction of sp³-hybridized carbons (Fsp3) is 0.111. The van der Waals surface area contributed by atoms with Crippen LogP contribution >= 0.6 is 0 Å². The number of benzene rings is 3. The number of ketones is 1. The Morgan fingerprint density at radius 2 is 1.70 bits per heavy atom. The molecule has 0 aliphatic carbocycles. The lowest BCUT2D eigenvalue weighted by Crippen LogP contribution is -2.26. The van der Waals surface area contributed by atoms with E-state index in [4.69, 9.17) is 0 Å². The summed E-state index contributed by atoms with van der Waals surface area (Å²) in [5, 5.41) is 3.07. The van der Waals surface area contributed by atoms with Crippen molar-refractivity contribution >= 4 is 33.9 Å². The quantitative estimate of drug-likeness (QED) is 0.339. The van der Waals surface area contributed by atoms with Gasteiger partial charge in [0, 0.05) is 11.3 Å². The van der Waals surface area contributed by atoms with Crippen LogP contribution in [-0.4, -0.2) is 25.6 Å². The standard InChI is InChI=1S/C27H19F3N4O3/c28-27(29,30)19-5-3-4-17(12-19)13-24(36)32-20-10-8-18(9-11-20)23(35)15-33-25-14-31-16-34(25)22-7-2-1-6-21(22)26(33)37/h1-12,14,16H,13,15H2,(H,32,36). The highest BCUT2D eigenvalue weighted by Crippen LogP contribution is 2.29. The summed E-state index contributed by atoms with van der Waals surface area (Å²) >= 11 is 0. The first-order valence-electron chi connectivity index (χ1n) is 11.2. The maximum absolute atomic E-state index is 13.1. The second-order valence-electron chi connectivity index (χ2n) is 8.45. The number of aromatic nitrogens is 3. The van der Waals surface area contributed by atoms with E-state index in [0.717, 1.165) is 12.1 Å². The Bertz CT molecular complexity index is 1700. The van der Waals surface area contributed by atoms with Crippen molar-refractivity contribution in [2.75, 3.05) is 5.32 Å². The fourth-order valence-corrected chi connectivity index (χ4v) is 4.16. The minimum atomic E-state index is -4.49. The number of imidazole rings is 1. The summed E-state index contributed by atoms with van der Waals surface area (Å²) in [6.45, 7) is -0.208. The molecule has 10 heteroatoms. The molecule has 0 aliphatic rings. The van der Waals surface area contributed by atoms with Crippen LogP contribution in [-0.2, 0) is 23.9 Å². The third-order valence-corrected chi connectivity index (χ3v) is 5.95. The third kappa shape index (κ3) is 4.86. The molecule has 5 rings (SSSR count). The van der Waals surface area contributed by atoms with Crippen molar-refractivity contribution in [2.24, 2.45) is 0 Å². The number of rotatable bonds is 6. The normalized spacial score (nSPS) is 11.6. The Hall–Kier alpha value is -4.73. The monoisotopic (exact) mass is 504 g/mol. The van der Waals surface area contributed by atoms with Gasteiger partial charge in [0.15, 0.2) is 5.78 Å². The van der Waals surface area contributed by atoms with Crippen molar-refractivity contribution in [1.29, 1.82) is 0 Å². The number of carbonyl (C=O) groups excluding carboxylic acids is 2. The van der Waals surface area contributed by atoms with Gasteiger partial charge in [0.2, 0.25) is 5.91 Å². The zero-order valence-corrected chi connectivity index (χ0v) is 19.2. The molecule has 0 atom stereocenters. The van der Waals surface area contributed by atoms with Gasteiger partial charge in [-0.2, -0.15) is 13.2 Å². The first kappa shape index (κ1) is 24.0. The summed E-state index contributed by atoms with van der Waals surface area (Å²) in [6.07, 6.45) is -1.63. The summed E-state index contributed by atoms with van der Waals surface area (Å²) in [5.74, 6) is -0.813. The lowest BCUT2D eigenvalue weighted by molar-refractivity contribution is -0.137. The molecular formula is C27H19F3N4O3. The minimum Gasteiger partial charge on any atom is -0.326 e. The molecule has 0 saturated carbocycles. The number of hydrogen-bond acceptors (Lipinski definition) is 4. The molecule has 0 saturated heterocycles. The largest absolute Gasteiger partial charge is 0.416 e. The van der Waals surface area contributed by atoms with E-state index in [2.05, 4.69) is 10.3 Å². The SMILES string of the molecule is O=C(Cc1cccc(C(F)(F)F)c1)Nc1ccc(C(=O)Cn2c(=O)c3ccccc3n3cncc23)cc1. The van der Waals surface area contributed by atoms with E-state index in [0.29, 0.717) is 27.8 Å². The third-order valence-electron chi connectivity index (χ3n) is 5.95. The van der Waals surface area contributed by atoms with Gasteiger partial charge in [-0.1, -0.05) is 30.3 Å². The van der Waals surface area contributed by atoms with Crippen molar-refractivity contribution in [2.45, 2.75) is 19.1 Å². The molecule has 37 heavy (non-hydrogen) atoms. The number of amides is 1. The van der Waals surface area contributed by atoms with E-state index >= 15 is 0 Å². The maximum Gasteiger partial charge on any atom is 0.416 e. The summed E-state index contributed by atoms with van der Waals surface area (Å²) in [5.41, 5.74) is 0.980. The molecule has 7 nitrogen and oxygen atoms in total. The average molecular weight is 504 g/mol. The number of para-hydroxylation sites is 1. The van der Waals surface area contributed by atoms with Crippen LogP contribution in [0, 0.1) is 0 Å². The Morgan fingerprint density at radius 3 is 2.46 bits per heavy atom. The molecule has 0 unspecified atom stereocenters. The number of nitrogens with zero attached hydrogens (tertiary/aromatic N) is 3. The van der Waals surface area contributed by atoms with Crippen LogP contribution in [0.15, 0.2) is 90.1 Å². The van der Waals surface area contributed by atoms with Crippen LogP contribution < -0.4 is 10.9 Å². The number of anilines is 1. The number of carbonyl (C=O) groups is 2. The first-order chi connectivity index (χ1) is 17.7. The molecule has 3 aromatic carbocycles. The van der Waals surface area contributed by atoms with Crippen molar-refractivity contribution in [3.05, 3.63) is 112 Å². The van der Waals surface area contributed by atoms with Gasteiger partial charge in [-0.25, -0.2) is 4.98 Å². The molecule has 2 aromatic heterocycles. The average Bonchev–Trinajstić information content (AvgIpc) is 3.36. The van der Waals surface area contributed by atoms with Crippen LogP contribution in [0.3, 0.4) is 0 Å². The smallest absolute Gasteiger partial charge is 0.326 e. The maximum atomic E-state index is 13.1. The lowest BCUT2D eigenvalue weighted by Gasteiger charge is -2.11. The van der Waals surface area contributed by atoms with E-state index in [1.54, 1.807) is 28.9 Å². The Morgan fingerprint density at radius 1 is 0.946 bits per heavy atom. The van der Waals surface area contributed by atoms with Crippen molar-refractivity contribution in [3.63, 3.8) is 0 Å². The molecule has 5 aromatic rings. The number of alkyl halides is 3. The highest BCUT2D eigenvalue weighted by Gasteiger charge is 2.30. The van der Waals surface area contributed by atoms with E-state index in [-0.39, 0.29) is 29.9 Å². The Kier molecular flexibility index (Phi) is 6.08. The molecule has 1 amide bonds. The highest BCUT2D eigenvalue weighted by atomic mass is 19.4. The van der Waals surface area contributed by atoms with Crippen LogP contribution in [0.1, 0.15) is 21.5 Å². The van der Waals surface area contributed by atoms with E-state index in [9.17, 15) is 27.6 Å². The van der Waals surface area contributed by atoms with Gasteiger partial charge in [0.25, 0.3) is 5.56 Å². The highest BCUT2D eigenvalue weighted by molar-refractivity contribution is 5.98. The van der Waals surface area contributed by atoms with E-state index in [1.807, 2.05) is 6.07 Å². The zero-order valence-electron chi connectivity index (χ0n) is 19.2. The number of halogens is 3. The molecule has 0 aliphatic heterocycles.